The van der Waals surface area contributed by atoms with Crippen LogP contribution in [-0.2, 0) is 4.79 Å². The number of carbonyl (C=O) groups is 2. The van der Waals surface area contributed by atoms with E-state index in [0.717, 1.165) is 12.8 Å². The van der Waals surface area contributed by atoms with Crippen molar-refractivity contribution < 1.29 is 36.2 Å². The lowest BCUT2D eigenvalue weighted by Gasteiger charge is -2.33. The lowest BCUT2D eigenvalue weighted by atomic mass is 9.81. The molecule has 0 radical (unpaired) electrons. The van der Waals surface area contributed by atoms with E-state index in [0.29, 0.717) is 22.6 Å². The van der Waals surface area contributed by atoms with E-state index < -0.39 is 47.8 Å². The monoisotopic (exact) mass is 581 g/mol. The van der Waals surface area contributed by atoms with Crippen LogP contribution in [0.25, 0.3) is 5.65 Å². The van der Waals surface area contributed by atoms with Gasteiger partial charge in [-0.05, 0) is 60.7 Å². The Hall–Kier alpha value is -3.65. The van der Waals surface area contributed by atoms with Gasteiger partial charge in [-0.25, -0.2) is 22.9 Å². The normalized spacial score (nSPS) is 24.8. The van der Waals surface area contributed by atoms with Crippen molar-refractivity contribution in [1.82, 2.24) is 35.5 Å². The summed E-state index contributed by atoms with van der Waals surface area (Å²) in [4.78, 5) is 30.2. The highest BCUT2D eigenvalue weighted by Gasteiger charge is 2.49. The third-order valence-electron chi connectivity index (χ3n) is 8.56. The van der Waals surface area contributed by atoms with Crippen molar-refractivity contribution in [3.63, 3.8) is 0 Å². The summed E-state index contributed by atoms with van der Waals surface area (Å²) in [5, 5.41) is 16.9. The Morgan fingerprint density at radius 3 is 2.59 bits per heavy atom. The number of nitrogens with zero attached hydrogens (tertiary/aromatic N) is 5. The minimum atomic E-state index is -4.53. The first-order chi connectivity index (χ1) is 19.4. The molecule has 6 rings (SSSR count). The fourth-order valence-corrected chi connectivity index (χ4v) is 5.90. The topological polar surface area (TPSA) is 127 Å². The zero-order chi connectivity index (χ0) is 29.1. The molecule has 4 atom stereocenters. The first kappa shape index (κ1) is 27.5. The highest BCUT2D eigenvalue weighted by molar-refractivity contribution is 5.93. The second-order valence-corrected chi connectivity index (χ2v) is 11.4. The molecule has 0 aromatic carbocycles. The molecule has 3 fully saturated rings. The van der Waals surface area contributed by atoms with Gasteiger partial charge in [-0.15, -0.1) is 0 Å². The van der Waals surface area contributed by atoms with E-state index in [1.54, 1.807) is 19.2 Å². The predicted molar refractivity (Wildman–Crippen MR) is 131 cm³/mol. The van der Waals surface area contributed by atoms with Crippen LogP contribution < -0.4 is 10.6 Å². The molecule has 220 valence electrons. The fraction of sp³-hybridized carbons (Fsp3) is 0.615. The SMILES string of the molecule is C[C@H](c1cnn2cc([C@@H](NC(=O)c3nonc3C3CC3)C3CCC(F)(F)CC3)nc2c1)[C@H]1C[C@@H](C(F)(F)F)NC1=O. The first-order valence-corrected chi connectivity index (χ1v) is 13.6. The van der Waals surface area contributed by atoms with Gasteiger partial charge in [0.2, 0.25) is 11.8 Å². The number of fused-ring (bicyclic) bond motifs is 1. The molecule has 3 aliphatic rings. The number of carbonyl (C=O) groups excluding carboxylic acids is 2. The fourth-order valence-electron chi connectivity index (χ4n) is 5.90. The molecule has 0 spiro atoms. The second-order valence-electron chi connectivity index (χ2n) is 11.4. The number of hydrogen-bond acceptors (Lipinski definition) is 7. The number of alkyl halides is 5. The van der Waals surface area contributed by atoms with Gasteiger partial charge in [0.15, 0.2) is 11.3 Å². The molecule has 1 saturated heterocycles. The van der Waals surface area contributed by atoms with Crippen molar-refractivity contribution in [3.8, 4) is 0 Å². The number of nitrogens with one attached hydrogen (secondary N) is 2. The Labute approximate surface area is 230 Å². The highest BCUT2D eigenvalue weighted by atomic mass is 19.4. The Kier molecular flexibility index (Phi) is 6.72. The zero-order valence-electron chi connectivity index (χ0n) is 22.0. The summed E-state index contributed by atoms with van der Waals surface area (Å²) in [5.41, 5.74) is 1.79. The summed E-state index contributed by atoms with van der Waals surface area (Å²) in [6, 6.07) is -1.00. The van der Waals surface area contributed by atoms with E-state index >= 15 is 0 Å². The van der Waals surface area contributed by atoms with Crippen LogP contribution in [0.5, 0.6) is 0 Å². The van der Waals surface area contributed by atoms with Gasteiger partial charge in [0.1, 0.15) is 11.7 Å². The van der Waals surface area contributed by atoms with Gasteiger partial charge in [-0.1, -0.05) is 12.1 Å². The second kappa shape index (κ2) is 10.0. The van der Waals surface area contributed by atoms with Crippen molar-refractivity contribution in [1.29, 1.82) is 0 Å². The van der Waals surface area contributed by atoms with E-state index in [1.165, 1.54) is 10.7 Å². The Morgan fingerprint density at radius 1 is 1.20 bits per heavy atom. The van der Waals surface area contributed by atoms with Crippen molar-refractivity contribution in [2.75, 3.05) is 0 Å². The van der Waals surface area contributed by atoms with Gasteiger partial charge < -0.3 is 10.6 Å². The molecule has 15 heteroatoms. The van der Waals surface area contributed by atoms with E-state index in [4.69, 9.17) is 4.63 Å². The van der Waals surface area contributed by atoms with Gasteiger partial charge in [0, 0.05) is 24.7 Å². The van der Waals surface area contributed by atoms with Gasteiger partial charge in [-0.2, -0.15) is 18.3 Å². The lowest BCUT2D eigenvalue weighted by molar-refractivity contribution is -0.155. The van der Waals surface area contributed by atoms with Crippen molar-refractivity contribution >= 4 is 17.5 Å². The summed E-state index contributed by atoms with van der Waals surface area (Å²) >= 11 is 0. The average Bonchev–Trinajstić information content (AvgIpc) is 3.31. The van der Waals surface area contributed by atoms with Crippen molar-refractivity contribution in [3.05, 3.63) is 41.1 Å². The minimum Gasteiger partial charge on any atom is -0.344 e. The van der Waals surface area contributed by atoms with Gasteiger partial charge >= 0.3 is 6.18 Å². The summed E-state index contributed by atoms with van der Waals surface area (Å²) < 4.78 is 73.7. The minimum absolute atomic E-state index is 0.0589. The van der Waals surface area contributed by atoms with Crippen LogP contribution in [0.1, 0.15) is 97.2 Å². The number of amides is 2. The van der Waals surface area contributed by atoms with Gasteiger partial charge in [0.05, 0.1) is 24.1 Å². The number of halogens is 5. The van der Waals surface area contributed by atoms with Crippen LogP contribution >= 0.6 is 0 Å². The van der Waals surface area contributed by atoms with Crippen LogP contribution in [0.15, 0.2) is 23.1 Å². The third kappa shape index (κ3) is 5.49. The predicted octanol–water partition coefficient (Wildman–Crippen LogP) is 4.46. The summed E-state index contributed by atoms with van der Waals surface area (Å²) in [6.45, 7) is 1.66. The standard InChI is InChI=1S/C26H28F5N7O3/c1-12(16-9-18(26(29,30)31)34-23(16)39)15-8-19-33-17(11-38(19)32-10-15)20(14-4-6-25(27,28)7-5-14)35-24(40)22-21(13-2-3-13)36-41-37-22/h8,10-14,16,18,20H,2-7,9H2,1H3,(H,34,39)(H,35,40)/t12-,16-,18+,20+/m1/s1. The molecule has 0 unspecified atom stereocenters. The van der Waals surface area contributed by atoms with Crippen molar-refractivity contribution in [2.45, 2.75) is 87.9 Å². The number of aromatic nitrogens is 5. The Bertz CT molecular complexity index is 1460. The molecule has 1 aliphatic heterocycles. The highest BCUT2D eigenvalue weighted by Crippen LogP contribution is 2.43. The van der Waals surface area contributed by atoms with E-state index in [-0.39, 0.29) is 49.6 Å². The van der Waals surface area contributed by atoms with Crippen LogP contribution in [-0.4, -0.2) is 54.9 Å². The molecular formula is C26H28F5N7O3. The quantitative estimate of drug-likeness (QED) is 0.395. The molecule has 2 amide bonds. The van der Waals surface area contributed by atoms with Gasteiger partial charge in [-0.3, -0.25) is 9.59 Å². The molecule has 2 aliphatic carbocycles. The van der Waals surface area contributed by atoms with Crippen molar-refractivity contribution in [2.24, 2.45) is 11.8 Å². The number of hydrogen-bond donors (Lipinski definition) is 2. The molecule has 2 N–H and O–H groups in total. The van der Waals surface area contributed by atoms with E-state index in [9.17, 15) is 31.5 Å². The number of imidazole rings is 1. The Morgan fingerprint density at radius 2 is 1.93 bits per heavy atom. The molecule has 0 bridgehead atoms. The largest absolute Gasteiger partial charge is 0.408 e. The maximum Gasteiger partial charge on any atom is 0.408 e. The van der Waals surface area contributed by atoms with Crippen LogP contribution in [0.3, 0.4) is 0 Å². The third-order valence-corrected chi connectivity index (χ3v) is 8.56. The molecule has 3 aromatic rings. The smallest absolute Gasteiger partial charge is 0.344 e. The van der Waals surface area contributed by atoms with Gasteiger partial charge in [0.25, 0.3) is 5.91 Å². The Balaban J connectivity index is 1.27. The van der Waals surface area contributed by atoms with E-state index in [2.05, 4.69) is 25.7 Å². The molecule has 3 aromatic heterocycles. The lowest BCUT2D eigenvalue weighted by Crippen LogP contribution is -2.38. The summed E-state index contributed by atoms with van der Waals surface area (Å²) in [6.07, 6.45) is -0.445. The van der Waals surface area contributed by atoms with E-state index in [1.807, 2.05) is 5.32 Å². The van der Waals surface area contributed by atoms with Crippen LogP contribution in [0, 0.1) is 11.8 Å². The molecule has 41 heavy (non-hydrogen) atoms. The molecule has 4 heterocycles. The zero-order valence-corrected chi connectivity index (χ0v) is 22.0. The van der Waals surface area contributed by atoms with Crippen LogP contribution in [0.4, 0.5) is 22.0 Å². The number of rotatable bonds is 7. The maximum absolute atomic E-state index is 14.0. The van der Waals surface area contributed by atoms with Crippen LogP contribution in [0.2, 0.25) is 0 Å². The average molecular weight is 582 g/mol. The summed E-state index contributed by atoms with van der Waals surface area (Å²) in [5.74, 6) is -5.70. The molecular weight excluding hydrogens is 553 g/mol. The first-order valence-electron chi connectivity index (χ1n) is 13.6. The summed E-state index contributed by atoms with van der Waals surface area (Å²) in [7, 11) is 0. The maximum atomic E-state index is 14.0. The molecule has 2 saturated carbocycles. The molecule has 10 nitrogen and oxygen atoms in total.